The first-order valence-electron chi connectivity index (χ1n) is 12.7. The lowest BCUT2D eigenvalue weighted by Crippen LogP contribution is -2.51. The molecule has 1 atom stereocenters. The van der Waals surface area contributed by atoms with Gasteiger partial charge in [0.2, 0.25) is 0 Å². The van der Waals surface area contributed by atoms with E-state index >= 15 is 0 Å². The summed E-state index contributed by atoms with van der Waals surface area (Å²) in [5.74, 6) is -0.909. The number of para-hydroxylation sites is 1. The fraction of sp³-hybridized carbons (Fsp3) is 0.133. The van der Waals surface area contributed by atoms with Crippen molar-refractivity contribution in [2.45, 2.75) is 24.0 Å². The van der Waals surface area contributed by atoms with Crippen molar-refractivity contribution in [3.05, 3.63) is 121 Å². The molecule has 4 aromatic rings. The van der Waals surface area contributed by atoms with Gasteiger partial charge in [0.15, 0.2) is 0 Å². The van der Waals surface area contributed by atoms with Gasteiger partial charge < -0.3 is 14.9 Å². The topological polar surface area (TPSA) is 134 Å². The largest absolute Gasteiger partial charge is 0.445 e. The van der Waals surface area contributed by atoms with Crippen LogP contribution in [0.2, 0.25) is 0 Å². The van der Waals surface area contributed by atoms with E-state index in [1.807, 2.05) is 48.5 Å². The number of carbonyl (C=O) groups excluding carboxylic acids is 2. The Bertz CT molecular complexity index is 1520. The third-order valence-electron chi connectivity index (χ3n) is 6.00. The number of hydrogen-bond acceptors (Lipinski definition) is 7. The minimum absolute atomic E-state index is 0.0316. The van der Waals surface area contributed by atoms with E-state index in [0.29, 0.717) is 4.47 Å². The average Bonchev–Trinajstić information content (AvgIpc) is 3.02. The Morgan fingerprint density at radius 1 is 0.780 bits per heavy atom. The van der Waals surface area contributed by atoms with Crippen molar-refractivity contribution in [3.8, 4) is 16.9 Å². The highest BCUT2D eigenvalue weighted by atomic mass is 32.2. The van der Waals surface area contributed by atoms with Crippen molar-refractivity contribution < 1.29 is 32.8 Å². The molecule has 0 spiro atoms. The summed E-state index contributed by atoms with van der Waals surface area (Å²) in [6.07, 6.45) is -1.01. The molecule has 0 heterocycles. The number of benzene rings is 4. The van der Waals surface area contributed by atoms with Crippen molar-refractivity contribution in [2.24, 2.45) is 0 Å². The number of hydroxylamine groups is 2. The Balaban J connectivity index is 1.54. The van der Waals surface area contributed by atoms with Crippen LogP contribution < -0.4 is 15.6 Å². The van der Waals surface area contributed by atoms with Crippen molar-refractivity contribution in [1.82, 2.24) is 15.3 Å². The molecule has 0 fully saturated rings. The smallest absolute Gasteiger partial charge is 0.407 e. The first kappa shape index (κ1) is 29.3. The van der Waals surface area contributed by atoms with Crippen molar-refractivity contribution in [2.75, 3.05) is 6.54 Å². The van der Waals surface area contributed by atoms with Crippen LogP contribution in [0.3, 0.4) is 0 Å². The summed E-state index contributed by atoms with van der Waals surface area (Å²) < 4.78 is 33.4. The van der Waals surface area contributed by atoms with Crippen LogP contribution in [0.25, 0.3) is 11.1 Å². The molecular weight excluding hydrogens is 546 g/mol. The van der Waals surface area contributed by atoms with Crippen LogP contribution in [0.1, 0.15) is 12.0 Å². The number of amides is 2. The lowest BCUT2D eigenvalue weighted by molar-refractivity contribution is -0.140. The molecule has 0 radical (unpaired) electrons. The highest BCUT2D eigenvalue weighted by Gasteiger charge is 2.38. The maximum absolute atomic E-state index is 13.8. The first-order chi connectivity index (χ1) is 19.9. The van der Waals surface area contributed by atoms with Gasteiger partial charge in [0.25, 0.3) is 15.9 Å². The van der Waals surface area contributed by atoms with Gasteiger partial charge in [-0.2, -0.15) is 0 Å². The molecule has 0 aliphatic carbocycles. The molecule has 3 N–H and O–H groups in total. The number of carbonyl (C=O) groups is 2. The predicted octanol–water partition coefficient (Wildman–Crippen LogP) is 4.53. The van der Waals surface area contributed by atoms with E-state index in [0.717, 1.165) is 16.7 Å². The molecule has 0 bridgehead atoms. The molecule has 10 nitrogen and oxygen atoms in total. The lowest BCUT2D eigenvalue weighted by Gasteiger charge is -2.28. The van der Waals surface area contributed by atoms with Gasteiger partial charge in [-0.15, -0.1) is 0 Å². The molecule has 4 aromatic carbocycles. The van der Waals surface area contributed by atoms with Crippen LogP contribution in [0.5, 0.6) is 5.75 Å². The molecule has 4 rings (SSSR count). The zero-order valence-corrected chi connectivity index (χ0v) is 22.7. The van der Waals surface area contributed by atoms with Gasteiger partial charge in [-0.25, -0.2) is 18.7 Å². The van der Waals surface area contributed by atoms with Gasteiger partial charge >= 0.3 is 6.09 Å². The number of hydrogen-bond donors (Lipinski definition) is 3. The third kappa shape index (κ3) is 7.92. The number of rotatable bonds is 12. The van der Waals surface area contributed by atoms with Gasteiger partial charge in [0, 0.05) is 6.54 Å². The zero-order valence-electron chi connectivity index (χ0n) is 21.9. The highest BCUT2D eigenvalue weighted by molar-refractivity contribution is 7.89. The second kappa shape index (κ2) is 14.1. The van der Waals surface area contributed by atoms with E-state index in [9.17, 15) is 23.2 Å². The molecule has 0 saturated carbocycles. The van der Waals surface area contributed by atoms with Gasteiger partial charge in [-0.3, -0.25) is 10.0 Å². The fourth-order valence-corrected chi connectivity index (χ4v) is 5.32. The molecule has 0 saturated heterocycles. The number of nitrogens with one attached hydrogen (secondary N) is 2. The zero-order chi connectivity index (χ0) is 29.1. The van der Waals surface area contributed by atoms with E-state index in [2.05, 4.69) is 5.32 Å². The average molecular weight is 576 g/mol. The number of sulfonamides is 1. The van der Waals surface area contributed by atoms with Gasteiger partial charge in [0.05, 0.1) is 4.90 Å². The Morgan fingerprint density at radius 3 is 1.95 bits per heavy atom. The minimum atomic E-state index is -4.45. The fourth-order valence-electron chi connectivity index (χ4n) is 3.91. The van der Waals surface area contributed by atoms with Crippen LogP contribution in [0.4, 0.5) is 4.79 Å². The summed E-state index contributed by atoms with van der Waals surface area (Å²) in [6.45, 7) is -0.132. The predicted molar refractivity (Wildman–Crippen MR) is 151 cm³/mol. The maximum atomic E-state index is 13.8. The second-order valence-corrected chi connectivity index (χ2v) is 10.6. The van der Waals surface area contributed by atoms with E-state index in [1.54, 1.807) is 42.5 Å². The highest BCUT2D eigenvalue weighted by Crippen LogP contribution is 2.26. The summed E-state index contributed by atoms with van der Waals surface area (Å²) in [4.78, 5) is 30.6. The van der Waals surface area contributed by atoms with Crippen LogP contribution in [0.15, 0.2) is 120 Å². The Labute approximate surface area is 238 Å². The molecular formula is C30H29N3O7S. The minimum Gasteiger partial charge on any atom is -0.445 e. The molecule has 2 amide bonds. The first-order valence-corrected chi connectivity index (χ1v) is 14.1. The maximum Gasteiger partial charge on any atom is 0.407 e. The third-order valence-corrected chi connectivity index (χ3v) is 7.67. The summed E-state index contributed by atoms with van der Waals surface area (Å²) in [6, 6.07) is 31.1. The van der Waals surface area contributed by atoms with E-state index in [1.165, 1.54) is 29.7 Å². The standard InChI is InChI=1S/C30H29N3O7S/c34-29(32-36)28(20-21-31-30(35)39-22-23-10-4-1-5-11-23)33(40-26-14-8-3-9-15-26)41(37,38)27-18-16-25(17-19-27)24-12-6-2-7-13-24/h1-19,28,36H,20-22H2,(H,31,35)(H,32,34)/t28-/m1/s1. The van der Waals surface area contributed by atoms with Crippen molar-refractivity contribution in [3.63, 3.8) is 0 Å². The molecule has 0 aliphatic rings. The van der Waals surface area contributed by atoms with Crippen LogP contribution in [-0.4, -0.2) is 42.7 Å². The van der Waals surface area contributed by atoms with Crippen molar-refractivity contribution in [1.29, 1.82) is 0 Å². The molecule has 0 aliphatic heterocycles. The summed E-state index contributed by atoms with van der Waals surface area (Å²) in [5, 5.41) is 11.9. The van der Waals surface area contributed by atoms with E-state index in [4.69, 9.17) is 9.57 Å². The summed E-state index contributed by atoms with van der Waals surface area (Å²) >= 11 is 0. The molecule has 0 aromatic heterocycles. The second-order valence-electron chi connectivity index (χ2n) is 8.82. The summed E-state index contributed by atoms with van der Waals surface area (Å²) in [7, 11) is -4.45. The quantitative estimate of drug-likeness (QED) is 0.167. The molecule has 41 heavy (non-hydrogen) atoms. The van der Waals surface area contributed by atoms with Gasteiger partial charge in [-0.05, 0) is 51.8 Å². The molecule has 11 heteroatoms. The van der Waals surface area contributed by atoms with E-state index in [-0.39, 0.29) is 30.2 Å². The molecule has 212 valence electrons. The van der Waals surface area contributed by atoms with Crippen LogP contribution in [0, 0.1) is 0 Å². The normalized spacial score (nSPS) is 11.9. The SMILES string of the molecule is O=C(NCC[C@H](C(=O)NO)N(Oc1ccccc1)S(=O)(=O)c1ccc(-c2ccccc2)cc1)OCc1ccccc1. The Morgan fingerprint density at radius 2 is 1.34 bits per heavy atom. The Kier molecular flexibility index (Phi) is 10.1. The lowest BCUT2D eigenvalue weighted by atomic mass is 10.1. The Hall–Kier alpha value is -4.71. The van der Waals surface area contributed by atoms with Crippen LogP contribution in [-0.2, 0) is 26.2 Å². The number of nitrogens with zero attached hydrogens (tertiary/aromatic N) is 1. The molecule has 0 unspecified atom stereocenters. The summed E-state index contributed by atoms with van der Waals surface area (Å²) in [5.41, 5.74) is 3.98. The van der Waals surface area contributed by atoms with Crippen molar-refractivity contribution >= 4 is 22.0 Å². The van der Waals surface area contributed by atoms with Gasteiger partial charge in [0.1, 0.15) is 18.4 Å². The van der Waals surface area contributed by atoms with Crippen LogP contribution >= 0.6 is 0 Å². The van der Waals surface area contributed by atoms with E-state index < -0.39 is 28.1 Å². The monoisotopic (exact) mass is 575 g/mol. The number of ether oxygens (including phenoxy) is 1. The van der Waals surface area contributed by atoms with Gasteiger partial charge in [-0.1, -0.05) is 91.0 Å². The number of alkyl carbamates (subject to hydrolysis) is 1.